The maximum Gasteiger partial charge on any atom is 0.0473 e. The molecule has 4 heteroatoms. The molecule has 0 saturated carbocycles. The van der Waals surface area contributed by atoms with Crippen LogP contribution in [0.15, 0.2) is 0 Å². The van der Waals surface area contributed by atoms with Crippen molar-refractivity contribution in [3.8, 4) is 0 Å². The molecule has 0 radical (unpaired) electrons. The first-order chi connectivity index (χ1) is 8.41. The van der Waals surface area contributed by atoms with Crippen LogP contribution in [0.2, 0.25) is 0 Å². The fourth-order valence-corrected chi connectivity index (χ4v) is 6.66. The van der Waals surface area contributed by atoms with E-state index >= 15 is 0 Å². The van der Waals surface area contributed by atoms with Gasteiger partial charge < -0.3 is 5.73 Å². The molecule has 3 atom stereocenters. The van der Waals surface area contributed by atoms with Gasteiger partial charge in [-0.3, -0.25) is 4.90 Å². The van der Waals surface area contributed by atoms with E-state index in [0.717, 1.165) is 17.0 Å². The Balaban J connectivity index is 2.25. The highest BCUT2D eigenvalue weighted by Gasteiger charge is 2.51. The SMILES string of the molecule is CC1CN(C2(CN)CSCCC2(C)C)CC(C)S1. The molecule has 18 heavy (non-hydrogen) atoms. The van der Waals surface area contributed by atoms with Crippen molar-refractivity contribution in [3.05, 3.63) is 0 Å². The molecule has 0 aliphatic carbocycles. The summed E-state index contributed by atoms with van der Waals surface area (Å²) in [4.78, 5) is 2.73. The van der Waals surface area contributed by atoms with E-state index < -0.39 is 0 Å². The number of nitrogens with zero attached hydrogens (tertiary/aromatic N) is 1. The van der Waals surface area contributed by atoms with Crippen molar-refractivity contribution in [3.63, 3.8) is 0 Å². The van der Waals surface area contributed by atoms with Gasteiger partial charge >= 0.3 is 0 Å². The Morgan fingerprint density at radius 1 is 1.22 bits per heavy atom. The molecule has 2 aliphatic heterocycles. The Hall–Kier alpha value is 0.620. The van der Waals surface area contributed by atoms with Crippen LogP contribution in [-0.2, 0) is 0 Å². The van der Waals surface area contributed by atoms with Crippen molar-refractivity contribution in [2.75, 3.05) is 31.1 Å². The first kappa shape index (κ1) is 15.0. The summed E-state index contributed by atoms with van der Waals surface area (Å²) in [6.07, 6.45) is 1.29. The first-order valence-electron chi connectivity index (χ1n) is 7.09. The van der Waals surface area contributed by atoms with E-state index in [9.17, 15) is 0 Å². The lowest BCUT2D eigenvalue weighted by atomic mass is 9.69. The van der Waals surface area contributed by atoms with Crippen LogP contribution >= 0.6 is 23.5 Å². The Morgan fingerprint density at radius 3 is 2.33 bits per heavy atom. The van der Waals surface area contributed by atoms with E-state index in [2.05, 4.69) is 56.1 Å². The number of thioether (sulfide) groups is 2. The summed E-state index contributed by atoms with van der Waals surface area (Å²) >= 11 is 4.23. The fraction of sp³-hybridized carbons (Fsp3) is 1.00. The number of hydrogen-bond donors (Lipinski definition) is 1. The van der Waals surface area contributed by atoms with E-state index in [0.29, 0.717) is 5.41 Å². The third-order valence-electron chi connectivity index (χ3n) is 4.83. The highest BCUT2D eigenvalue weighted by atomic mass is 32.2. The molecule has 2 N–H and O–H groups in total. The van der Waals surface area contributed by atoms with Crippen LogP contribution in [0.5, 0.6) is 0 Å². The molecule has 2 fully saturated rings. The molecule has 2 aliphatic rings. The minimum Gasteiger partial charge on any atom is -0.329 e. The van der Waals surface area contributed by atoms with E-state index in [1.54, 1.807) is 0 Å². The van der Waals surface area contributed by atoms with Crippen molar-refractivity contribution in [2.45, 2.75) is 50.2 Å². The van der Waals surface area contributed by atoms with Crippen LogP contribution in [0, 0.1) is 5.41 Å². The summed E-state index contributed by atoms with van der Waals surface area (Å²) in [6.45, 7) is 12.8. The van der Waals surface area contributed by atoms with Crippen molar-refractivity contribution < 1.29 is 0 Å². The normalized spacial score (nSPS) is 41.8. The van der Waals surface area contributed by atoms with Gasteiger partial charge in [0.1, 0.15) is 0 Å². The summed E-state index contributed by atoms with van der Waals surface area (Å²) in [5, 5.41) is 1.47. The second-order valence-corrected chi connectivity index (χ2v) is 9.57. The van der Waals surface area contributed by atoms with Crippen molar-refractivity contribution in [1.29, 1.82) is 0 Å². The highest BCUT2D eigenvalue weighted by molar-refractivity contribution is 8.00. The fourth-order valence-electron chi connectivity index (χ4n) is 3.51. The molecule has 0 spiro atoms. The van der Waals surface area contributed by atoms with Gasteiger partial charge in [0.25, 0.3) is 0 Å². The van der Waals surface area contributed by atoms with Gasteiger partial charge in [-0.25, -0.2) is 0 Å². The molecule has 0 amide bonds. The van der Waals surface area contributed by atoms with Gasteiger partial charge in [-0.15, -0.1) is 0 Å². The molecular formula is C14H28N2S2. The van der Waals surface area contributed by atoms with Crippen LogP contribution in [0.25, 0.3) is 0 Å². The standard InChI is InChI=1S/C14H28N2S2/c1-11-7-16(8-12(2)18-11)14(9-15)10-17-6-5-13(14,3)4/h11-12H,5-10,15H2,1-4H3. The second-order valence-electron chi connectivity index (χ2n) is 6.58. The van der Waals surface area contributed by atoms with Crippen LogP contribution in [0.3, 0.4) is 0 Å². The smallest absolute Gasteiger partial charge is 0.0473 e. The van der Waals surface area contributed by atoms with E-state index in [1.165, 1.54) is 31.0 Å². The van der Waals surface area contributed by atoms with E-state index in [1.807, 2.05) is 0 Å². The summed E-state index contributed by atoms with van der Waals surface area (Å²) < 4.78 is 0. The number of nitrogens with two attached hydrogens (primary N) is 1. The molecule has 0 bridgehead atoms. The van der Waals surface area contributed by atoms with Gasteiger partial charge in [0, 0.05) is 41.4 Å². The molecule has 3 unspecified atom stereocenters. The molecule has 0 aromatic carbocycles. The minimum absolute atomic E-state index is 0.208. The zero-order valence-electron chi connectivity index (χ0n) is 12.2. The van der Waals surface area contributed by atoms with Crippen LogP contribution < -0.4 is 5.73 Å². The van der Waals surface area contributed by atoms with Crippen LogP contribution in [-0.4, -0.2) is 52.1 Å². The zero-order chi connectivity index (χ0) is 13.4. The molecule has 2 nitrogen and oxygen atoms in total. The van der Waals surface area contributed by atoms with E-state index in [-0.39, 0.29) is 5.54 Å². The van der Waals surface area contributed by atoms with Gasteiger partial charge in [0.2, 0.25) is 0 Å². The van der Waals surface area contributed by atoms with Gasteiger partial charge in [-0.1, -0.05) is 27.7 Å². The first-order valence-corrected chi connectivity index (χ1v) is 9.19. The number of hydrogen-bond acceptors (Lipinski definition) is 4. The maximum absolute atomic E-state index is 6.27. The second kappa shape index (κ2) is 5.55. The monoisotopic (exact) mass is 288 g/mol. The molecule has 2 heterocycles. The Kier molecular flexibility index (Phi) is 4.63. The quantitative estimate of drug-likeness (QED) is 0.846. The lowest BCUT2D eigenvalue weighted by Crippen LogP contribution is -2.68. The summed E-state index contributed by atoms with van der Waals surface area (Å²) in [6, 6.07) is 0. The predicted molar refractivity (Wildman–Crippen MR) is 85.6 cm³/mol. The van der Waals surface area contributed by atoms with Crippen molar-refractivity contribution in [1.82, 2.24) is 4.90 Å². The Bertz CT molecular complexity index is 286. The Labute approximate surface area is 121 Å². The predicted octanol–water partition coefficient (Wildman–Crippen LogP) is 2.67. The zero-order valence-corrected chi connectivity index (χ0v) is 13.9. The largest absolute Gasteiger partial charge is 0.329 e. The van der Waals surface area contributed by atoms with Crippen molar-refractivity contribution >= 4 is 23.5 Å². The van der Waals surface area contributed by atoms with Crippen LogP contribution in [0.4, 0.5) is 0 Å². The van der Waals surface area contributed by atoms with Gasteiger partial charge in [-0.2, -0.15) is 23.5 Å². The number of rotatable bonds is 2. The average molecular weight is 289 g/mol. The molecule has 2 saturated heterocycles. The lowest BCUT2D eigenvalue weighted by Gasteiger charge is -2.58. The molecule has 0 aromatic heterocycles. The molecule has 0 aromatic rings. The minimum atomic E-state index is 0.208. The third kappa shape index (κ3) is 2.58. The summed E-state index contributed by atoms with van der Waals surface area (Å²) in [5.74, 6) is 2.50. The summed E-state index contributed by atoms with van der Waals surface area (Å²) in [7, 11) is 0. The maximum atomic E-state index is 6.27. The molecular weight excluding hydrogens is 260 g/mol. The summed E-state index contributed by atoms with van der Waals surface area (Å²) in [5.41, 5.74) is 6.82. The van der Waals surface area contributed by atoms with E-state index in [4.69, 9.17) is 5.73 Å². The Morgan fingerprint density at radius 2 is 1.83 bits per heavy atom. The average Bonchev–Trinajstić information content (AvgIpc) is 2.27. The highest BCUT2D eigenvalue weighted by Crippen LogP contribution is 2.47. The van der Waals surface area contributed by atoms with Gasteiger partial charge in [0.15, 0.2) is 0 Å². The molecule has 2 rings (SSSR count). The van der Waals surface area contributed by atoms with Gasteiger partial charge in [0.05, 0.1) is 0 Å². The lowest BCUT2D eigenvalue weighted by molar-refractivity contribution is 0.000380. The van der Waals surface area contributed by atoms with Crippen LogP contribution in [0.1, 0.15) is 34.1 Å². The third-order valence-corrected chi connectivity index (χ3v) is 7.24. The van der Waals surface area contributed by atoms with Crippen molar-refractivity contribution in [2.24, 2.45) is 11.1 Å². The van der Waals surface area contributed by atoms with Gasteiger partial charge in [-0.05, 0) is 17.6 Å². The topological polar surface area (TPSA) is 29.3 Å². The molecule has 106 valence electrons.